The number of anilines is 1. The van der Waals surface area contributed by atoms with Crippen LogP contribution < -0.4 is 10.6 Å². The van der Waals surface area contributed by atoms with E-state index in [9.17, 15) is 9.59 Å². The van der Waals surface area contributed by atoms with E-state index in [0.717, 1.165) is 4.88 Å². The molecule has 122 valence electrons. The molecule has 0 spiro atoms. The van der Waals surface area contributed by atoms with Crippen LogP contribution in [0.15, 0.2) is 60.5 Å². The van der Waals surface area contributed by atoms with E-state index in [4.69, 9.17) is 0 Å². The number of nitrogens with one attached hydrogen (secondary N) is 2. The summed E-state index contributed by atoms with van der Waals surface area (Å²) in [4.78, 5) is 28.9. The topological polar surface area (TPSA) is 88.9 Å². The van der Waals surface area contributed by atoms with Gasteiger partial charge in [-0.25, -0.2) is 0 Å². The molecule has 3 aromatic heterocycles. The van der Waals surface area contributed by atoms with Gasteiger partial charge in [0.2, 0.25) is 0 Å². The van der Waals surface area contributed by atoms with Crippen LogP contribution in [0.3, 0.4) is 0 Å². The predicted octanol–water partition coefficient (Wildman–Crippen LogP) is 1.68. The van der Waals surface area contributed by atoms with Crippen LogP contribution in [0.1, 0.15) is 10.9 Å². The van der Waals surface area contributed by atoms with E-state index >= 15 is 0 Å². The third kappa shape index (κ3) is 3.85. The Labute approximate surface area is 142 Å². The van der Waals surface area contributed by atoms with E-state index in [-0.39, 0.29) is 12.6 Å². The maximum absolute atomic E-state index is 12.0. The van der Waals surface area contributed by atoms with Crippen LogP contribution in [0.25, 0.3) is 0 Å². The Kier molecular flexibility index (Phi) is 4.97. The SMILES string of the molecule is O=C(NCC(c1cccs1)n1cccn1)C(=O)Nc1cccnc1. The van der Waals surface area contributed by atoms with Crippen LogP contribution >= 0.6 is 11.3 Å². The Morgan fingerprint density at radius 2 is 2.08 bits per heavy atom. The number of hydrogen-bond donors (Lipinski definition) is 2. The summed E-state index contributed by atoms with van der Waals surface area (Å²) in [6.45, 7) is 0.265. The van der Waals surface area contributed by atoms with E-state index in [2.05, 4.69) is 20.7 Å². The Morgan fingerprint density at radius 3 is 2.75 bits per heavy atom. The van der Waals surface area contributed by atoms with Gasteiger partial charge in [0, 0.05) is 30.0 Å². The highest BCUT2D eigenvalue weighted by Crippen LogP contribution is 2.21. The second-order valence-electron chi connectivity index (χ2n) is 4.92. The van der Waals surface area contributed by atoms with Gasteiger partial charge in [-0.2, -0.15) is 5.10 Å². The molecular formula is C16H15N5O2S. The minimum absolute atomic E-state index is 0.157. The molecule has 0 radical (unpaired) electrons. The van der Waals surface area contributed by atoms with Crippen molar-refractivity contribution in [2.75, 3.05) is 11.9 Å². The van der Waals surface area contributed by atoms with Crippen molar-refractivity contribution in [2.45, 2.75) is 6.04 Å². The number of pyridine rings is 1. The highest BCUT2D eigenvalue weighted by Gasteiger charge is 2.19. The maximum Gasteiger partial charge on any atom is 0.313 e. The molecule has 3 aromatic rings. The molecule has 0 saturated carbocycles. The zero-order valence-electron chi connectivity index (χ0n) is 12.6. The number of carbonyl (C=O) groups excluding carboxylic acids is 2. The third-order valence-corrected chi connectivity index (χ3v) is 4.27. The van der Waals surface area contributed by atoms with Crippen molar-refractivity contribution in [1.82, 2.24) is 20.1 Å². The minimum atomic E-state index is -0.728. The molecule has 1 atom stereocenters. The van der Waals surface area contributed by atoms with Crippen molar-refractivity contribution < 1.29 is 9.59 Å². The molecule has 1 unspecified atom stereocenters. The molecule has 0 fully saturated rings. The van der Waals surface area contributed by atoms with Gasteiger partial charge in [0.05, 0.1) is 11.9 Å². The standard InChI is InChI=1S/C16H15N5O2S/c22-15(16(23)20-12-4-1-6-17-10-12)18-11-13(14-5-2-9-24-14)21-8-3-7-19-21/h1-10,13H,11H2,(H,18,22)(H,20,23). The van der Waals surface area contributed by atoms with Gasteiger partial charge in [0.15, 0.2) is 0 Å². The number of hydrogen-bond acceptors (Lipinski definition) is 5. The van der Waals surface area contributed by atoms with Gasteiger partial charge in [-0.1, -0.05) is 6.07 Å². The molecule has 0 aliphatic rings. The Bertz CT molecular complexity index is 753. The Hall–Kier alpha value is -3.00. The van der Waals surface area contributed by atoms with Gasteiger partial charge in [-0.15, -0.1) is 11.3 Å². The van der Waals surface area contributed by atoms with Crippen LogP contribution in [0.5, 0.6) is 0 Å². The summed E-state index contributed by atoms with van der Waals surface area (Å²) in [6, 6.07) is 8.91. The second-order valence-corrected chi connectivity index (χ2v) is 5.90. The Morgan fingerprint density at radius 1 is 1.17 bits per heavy atom. The lowest BCUT2D eigenvalue weighted by atomic mass is 10.2. The van der Waals surface area contributed by atoms with Crippen molar-refractivity contribution >= 4 is 28.8 Å². The summed E-state index contributed by atoms with van der Waals surface area (Å²) in [6.07, 6.45) is 6.57. The zero-order valence-corrected chi connectivity index (χ0v) is 13.4. The molecule has 8 heteroatoms. The van der Waals surface area contributed by atoms with Crippen LogP contribution in [-0.4, -0.2) is 33.1 Å². The summed E-state index contributed by atoms with van der Waals surface area (Å²) in [7, 11) is 0. The summed E-state index contributed by atoms with van der Waals surface area (Å²) in [5.41, 5.74) is 0.472. The number of nitrogens with zero attached hydrogens (tertiary/aromatic N) is 3. The van der Waals surface area contributed by atoms with Crippen LogP contribution in [0.2, 0.25) is 0 Å². The van der Waals surface area contributed by atoms with Gasteiger partial charge in [-0.05, 0) is 29.6 Å². The minimum Gasteiger partial charge on any atom is -0.345 e. The quantitative estimate of drug-likeness (QED) is 0.691. The number of amides is 2. The van der Waals surface area contributed by atoms with Gasteiger partial charge < -0.3 is 10.6 Å². The van der Waals surface area contributed by atoms with Gasteiger partial charge in [0.1, 0.15) is 6.04 Å². The highest BCUT2D eigenvalue weighted by atomic mass is 32.1. The first-order chi connectivity index (χ1) is 11.7. The zero-order chi connectivity index (χ0) is 16.8. The first-order valence-electron chi connectivity index (χ1n) is 7.26. The molecule has 7 nitrogen and oxygen atoms in total. The van der Waals surface area contributed by atoms with Crippen molar-refractivity contribution in [3.05, 3.63) is 65.4 Å². The molecule has 0 aromatic carbocycles. The predicted molar refractivity (Wildman–Crippen MR) is 90.6 cm³/mol. The van der Waals surface area contributed by atoms with Gasteiger partial charge in [-0.3, -0.25) is 19.3 Å². The van der Waals surface area contributed by atoms with Crippen LogP contribution in [0.4, 0.5) is 5.69 Å². The van der Waals surface area contributed by atoms with Crippen molar-refractivity contribution in [1.29, 1.82) is 0 Å². The molecule has 2 amide bonds. The Balaban J connectivity index is 1.62. The molecule has 0 aliphatic carbocycles. The molecule has 2 N–H and O–H groups in total. The van der Waals surface area contributed by atoms with Crippen molar-refractivity contribution in [2.24, 2.45) is 0 Å². The maximum atomic E-state index is 12.0. The van der Waals surface area contributed by atoms with Gasteiger partial charge >= 0.3 is 11.8 Å². The molecule has 0 aliphatic heterocycles. The van der Waals surface area contributed by atoms with Crippen molar-refractivity contribution in [3.8, 4) is 0 Å². The monoisotopic (exact) mass is 341 g/mol. The fraction of sp³-hybridized carbons (Fsp3) is 0.125. The average molecular weight is 341 g/mol. The fourth-order valence-electron chi connectivity index (χ4n) is 2.16. The number of thiophene rings is 1. The lowest BCUT2D eigenvalue weighted by Crippen LogP contribution is -2.38. The van der Waals surface area contributed by atoms with Gasteiger partial charge in [0.25, 0.3) is 0 Å². The molecule has 3 heterocycles. The number of aromatic nitrogens is 3. The molecule has 24 heavy (non-hydrogen) atoms. The lowest BCUT2D eigenvalue weighted by molar-refractivity contribution is -0.136. The number of rotatable bonds is 5. The summed E-state index contributed by atoms with van der Waals surface area (Å²) >= 11 is 1.57. The molecule has 0 bridgehead atoms. The normalized spacial score (nSPS) is 11.7. The largest absolute Gasteiger partial charge is 0.345 e. The second kappa shape index (κ2) is 7.51. The summed E-state index contributed by atoms with van der Waals surface area (Å²) in [5.74, 6) is -1.43. The first kappa shape index (κ1) is 15.9. The first-order valence-corrected chi connectivity index (χ1v) is 8.14. The van der Waals surface area contributed by atoms with Crippen molar-refractivity contribution in [3.63, 3.8) is 0 Å². The number of carbonyl (C=O) groups is 2. The third-order valence-electron chi connectivity index (χ3n) is 3.30. The van der Waals surface area contributed by atoms with Crippen LogP contribution in [0, 0.1) is 0 Å². The molecule has 3 rings (SSSR count). The van der Waals surface area contributed by atoms with E-state index in [1.807, 2.05) is 29.8 Å². The smallest absolute Gasteiger partial charge is 0.313 e. The van der Waals surface area contributed by atoms with E-state index < -0.39 is 11.8 Å². The van der Waals surface area contributed by atoms with E-state index in [0.29, 0.717) is 5.69 Å². The van der Waals surface area contributed by atoms with Crippen LogP contribution in [-0.2, 0) is 9.59 Å². The van der Waals surface area contributed by atoms with E-state index in [1.165, 1.54) is 6.20 Å². The summed E-state index contributed by atoms with van der Waals surface area (Å²) < 4.78 is 1.76. The summed E-state index contributed by atoms with van der Waals surface area (Å²) in [5, 5.41) is 11.3. The average Bonchev–Trinajstić information content (AvgIpc) is 3.30. The highest BCUT2D eigenvalue weighted by molar-refractivity contribution is 7.10. The van der Waals surface area contributed by atoms with E-state index in [1.54, 1.807) is 40.5 Å². The molecule has 0 saturated heterocycles. The lowest BCUT2D eigenvalue weighted by Gasteiger charge is -2.17. The fourth-order valence-corrected chi connectivity index (χ4v) is 2.98. The molecular weight excluding hydrogens is 326 g/mol.